The molecule has 21 heavy (non-hydrogen) atoms. The van der Waals surface area contributed by atoms with Crippen LogP contribution in [0.25, 0.3) is 0 Å². The van der Waals surface area contributed by atoms with E-state index in [-0.39, 0.29) is 11.2 Å². The van der Waals surface area contributed by atoms with E-state index >= 15 is 0 Å². The van der Waals surface area contributed by atoms with Crippen molar-refractivity contribution in [3.05, 3.63) is 53.6 Å². The summed E-state index contributed by atoms with van der Waals surface area (Å²) in [4.78, 5) is 13.4. The van der Waals surface area contributed by atoms with Crippen LogP contribution >= 0.6 is 11.8 Å². The first kappa shape index (κ1) is 15.4. The van der Waals surface area contributed by atoms with Crippen molar-refractivity contribution < 1.29 is 4.79 Å². The molecule has 0 radical (unpaired) electrons. The van der Waals surface area contributed by atoms with E-state index in [0.717, 1.165) is 16.1 Å². The zero-order valence-corrected chi connectivity index (χ0v) is 13.3. The van der Waals surface area contributed by atoms with E-state index in [1.165, 1.54) is 5.56 Å². The number of benzene rings is 2. The highest BCUT2D eigenvalue weighted by atomic mass is 32.2. The molecule has 2 aromatic carbocycles. The summed E-state index contributed by atoms with van der Waals surface area (Å²) >= 11 is 1.56. The Morgan fingerprint density at radius 3 is 2.57 bits per heavy atom. The molecule has 0 fully saturated rings. The van der Waals surface area contributed by atoms with Gasteiger partial charge in [-0.1, -0.05) is 24.3 Å². The summed E-state index contributed by atoms with van der Waals surface area (Å²) in [6.07, 6.45) is 0. The Labute approximate surface area is 129 Å². The lowest BCUT2D eigenvalue weighted by molar-refractivity contribution is -0.115. The van der Waals surface area contributed by atoms with E-state index in [4.69, 9.17) is 5.73 Å². The smallest absolute Gasteiger partial charge is 0.237 e. The monoisotopic (exact) mass is 300 g/mol. The topological polar surface area (TPSA) is 55.1 Å². The standard InChI is InChI=1S/C17H20N2OS/c1-11-8-9-14(18)10-15(11)19-17(20)13(3)21-16-7-5-4-6-12(16)2/h4-10,13H,18H2,1-3H3,(H,19,20). The van der Waals surface area contributed by atoms with E-state index in [1.807, 2.05) is 44.2 Å². The molecule has 0 bridgehead atoms. The van der Waals surface area contributed by atoms with Crippen LogP contribution in [-0.4, -0.2) is 11.2 Å². The van der Waals surface area contributed by atoms with Gasteiger partial charge in [0.15, 0.2) is 0 Å². The molecule has 3 N–H and O–H groups in total. The molecule has 0 aliphatic rings. The van der Waals surface area contributed by atoms with Crippen molar-refractivity contribution in [1.29, 1.82) is 0 Å². The number of nitrogens with two attached hydrogens (primary N) is 1. The van der Waals surface area contributed by atoms with E-state index in [0.29, 0.717) is 5.69 Å². The summed E-state index contributed by atoms with van der Waals surface area (Å²) in [6, 6.07) is 13.6. The molecule has 1 amide bonds. The first-order valence-corrected chi connectivity index (χ1v) is 7.74. The second-order valence-corrected chi connectivity index (χ2v) is 6.47. The number of nitrogens with one attached hydrogen (secondary N) is 1. The third-order valence-electron chi connectivity index (χ3n) is 3.29. The van der Waals surface area contributed by atoms with E-state index in [2.05, 4.69) is 18.3 Å². The van der Waals surface area contributed by atoms with E-state index in [9.17, 15) is 4.79 Å². The van der Waals surface area contributed by atoms with Gasteiger partial charge in [-0.05, 0) is 50.1 Å². The fraction of sp³-hybridized carbons (Fsp3) is 0.235. The number of hydrogen-bond acceptors (Lipinski definition) is 3. The maximum atomic E-state index is 12.3. The van der Waals surface area contributed by atoms with Crippen LogP contribution in [-0.2, 0) is 4.79 Å². The third-order valence-corrected chi connectivity index (χ3v) is 4.57. The van der Waals surface area contributed by atoms with Crippen LogP contribution in [0.4, 0.5) is 11.4 Å². The van der Waals surface area contributed by atoms with Crippen LogP contribution in [0.3, 0.4) is 0 Å². The highest BCUT2D eigenvalue weighted by Crippen LogP contribution is 2.27. The van der Waals surface area contributed by atoms with Gasteiger partial charge in [0.1, 0.15) is 0 Å². The van der Waals surface area contributed by atoms with Crippen molar-refractivity contribution in [2.24, 2.45) is 0 Å². The maximum absolute atomic E-state index is 12.3. The number of nitrogen functional groups attached to an aromatic ring is 1. The Kier molecular flexibility index (Phi) is 4.91. The molecule has 0 aromatic heterocycles. The normalized spacial score (nSPS) is 12.0. The molecule has 1 unspecified atom stereocenters. The van der Waals surface area contributed by atoms with Crippen LogP contribution in [0.15, 0.2) is 47.4 Å². The van der Waals surface area contributed by atoms with Gasteiger partial charge in [-0.2, -0.15) is 0 Å². The van der Waals surface area contributed by atoms with Crippen molar-refractivity contribution in [2.75, 3.05) is 11.1 Å². The molecule has 0 aliphatic carbocycles. The number of anilines is 2. The molecular weight excluding hydrogens is 280 g/mol. The van der Waals surface area contributed by atoms with Crippen LogP contribution in [0, 0.1) is 13.8 Å². The fourth-order valence-electron chi connectivity index (χ4n) is 1.94. The Bertz CT molecular complexity index is 655. The molecule has 110 valence electrons. The second-order valence-electron chi connectivity index (χ2n) is 5.09. The third kappa shape index (κ3) is 4.02. The van der Waals surface area contributed by atoms with Gasteiger partial charge in [0.05, 0.1) is 5.25 Å². The molecule has 0 aliphatic heterocycles. The lowest BCUT2D eigenvalue weighted by Crippen LogP contribution is -2.23. The highest BCUT2D eigenvalue weighted by Gasteiger charge is 2.16. The molecule has 0 spiro atoms. The first-order valence-electron chi connectivity index (χ1n) is 6.86. The molecule has 0 saturated carbocycles. The number of hydrogen-bond donors (Lipinski definition) is 2. The summed E-state index contributed by atoms with van der Waals surface area (Å²) in [6.45, 7) is 5.91. The van der Waals surface area contributed by atoms with Gasteiger partial charge in [-0.15, -0.1) is 11.8 Å². The van der Waals surface area contributed by atoms with Crippen molar-refractivity contribution in [3.8, 4) is 0 Å². The summed E-state index contributed by atoms with van der Waals surface area (Å²) in [5, 5.41) is 2.78. The molecule has 0 saturated heterocycles. The van der Waals surface area contributed by atoms with Gasteiger partial charge in [0, 0.05) is 16.3 Å². The van der Waals surface area contributed by atoms with Crippen molar-refractivity contribution in [3.63, 3.8) is 0 Å². The number of amides is 1. The lowest BCUT2D eigenvalue weighted by Gasteiger charge is -2.15. The van der Waals surface area contributed by atoms with Gasteiger partial charge in [-0.25, -0.2) is 0 Å². The quantitative estimate of drug-likeness (QED) is 0.662. The minimum Gasteiger partial charge on any atom is -0.399 e. The summed E-state index contributed by atoms with van der Waals surface area (Å²) in [5.41, 5.74) is 9.38. The number of aryl methyl sites for hydroxylation is 2. The Hall–Kier alpha value is -1.94. The van der Waals surface area contributed by atoms with Gasteiger partial charge in [0.25, 0.3) is 0 Å². The number of rotatable bonds is 4. The van der Waals surface area contributed by atoms with E-state index in [1.54, 1.807) is 17.8 Å². The largest absolute Gasteiger partial charge is 0.399 e. The molecular formula is C17H20N2OS. The van der Waals surface area contributed by atoms with Crippen molar-refractivity contribution in [1.82, 2.24) is 0 Å². The van der Waals surface area contributed by atoms with Crippen LogP contribution < -0.4 is 11.1 Å². The van der Waals surface area contributed by atoms with Gasteiger partial charge in [-0.3, -0.25) is 4.79 Å². The fourth-order valence-corrected chi connectivity index (χ4v) is 2.90. The molecule has 2 aromatic rings. The maximum Gasteiger partial charge on any atom is 0.237 e. The SMILES string of the molecule is Cc1ccc(N)cc1NC(=O)C(C)Sc1ccccc1C. The van der Waals surface area contributed by atoms with Crippen LogP contribution in [0.2, 0.25) is 0 Å². The number of thioether (sulfide) groups is 1. The predicted octanol–water partition coefficient (Wildman–Crippen LogP) is 4.00. The lowest BCUT2D eigenvalue weighted by atomic mass is 10.2. The molecule has 3 nitrogen and oxygen atoms in total. The zero-order valence-electron chi connectivity index (χ0n) is 12.5. The predicted molar refractivity (Wildman–Crippen MR) is 90.7 cm³/mol. The average Bonchev–Trinajstić information content (AvgIpc) is 2.45. The minimum atomic E-state index is -0.174. The summed E-state index contributed by atoms with van der Waals surface area (Å²) in [5.74, 6) is -0.0167. The molecule has 2 rings (SSSR count). The van der Waals surface area contributed by atoms with Gasteiger partial charge in [0.2, 0.25) is 5.91 Å². The van der Waals surface area contributed by atoms with Crippen LogP contribution in [0.5, 0.6) is 0 Å². The minimum absolute atomic E-state index is 0.0167. The molecule has 0 heterocycles. The zero-order chi connectivity index (χ0) is 15.4. The van der Waals surface area contributed by atoms with Crippen molar-refractivity contribution in [2.45, 2.75) is 30.9 Å². The Balaban J connectivity index is 2.06. The van der Waals surface area contributed by atoms with E-state index < -0.39 is 0 Å². The van der Waals surface area contributed by atoms with Crippen molar-refractivity contribution >= 4 is 29.0 Å². The Morgan fingerprint density at radius 2 is 1.86 bits per heavy atom. The molecule has 4 heteroatoms. The highest BCUT2D eigenvalue weighted by molar-refractivity contribution is 8.00. The number of carbonyl (C=O) groups excluding carboxylic acids is 1. The average molecular weight is 300 g/mol. The number of carbonyl (C=O) groups is 1. The van der Waals surface area contributed by atoms with Gasteiger partial charge < -0.3 is 11.1 Å². The Morgan fingerprint density at radius 1 is 1.14 bits per heavy atom. The first-order chi connectivity index (χ1) is 9.97. The molecule has 1 atom stereocenters. The second kappa shape index (κ2) is 6.68. The van der Waals surface area contributed by atoms with Gasteiger partial charge >= 0.3 is 0 Å². The van der Waals surface area contributed by atoms with Crippen LogP contribution in [0.1, 0.15) is 18.1 Å². The summed E-state index contributed by atoms with van der Waals surface area (Å²) in [7, 11) is 0. The summed E-state index contributed by atoms with van der Waals surface area (Å²) < 4.78 is 0.